The van der Waals surface area contributed by atoms with E-state index in [1.165, 1.54) is 32.1 Å². The summed E-state index contributed by atoms with van der Waals surface area (Å²) in [6, 6.07) is -1.53. The number of carboxylic acids is 1. The molecule has 322 valence electrons. The number of hydrogen-bond acceptors (Lipinski definition) is 18. The molecule has 3 aliphatic rings. The lowest BCUT2D eigenvalue weighted by atomic mass is 9.88. The maximum Gasteiger partial charge on any atom is 0.364 e. The summed E-state index contributed by atoms with van der Waals surface area (Å²) in [6.07, 6.45) is -15.6. The zero-order valence-corrected chi connectivity index (χ0v) is 31.5. The fourth-order valence-corrected chi connectivity index (χ4v) is 7.08. The van der Waals surface area contributed by atoms with Crippen LogP contribution in [0.2, 0.25) is 0 Å². The van der Waals surface area contributed by atoms with Gasteiger partial charge in [-0.3, -0.25) is 4.79 Å². The lowest BCUT2D eigenvalue weighted by Crippen LogP contribution is -2.70. The molecule has 0 aromatic rings. The van der Waals surface area contributed by atoms with Crippen molar-refractivity contribution in [3.8, 4) is 0 Å². The first-order valence-electron chi connectivity index (χ1n) is 19.2. The van der Waals surface area contributed by atoms with Crippen molar-refractivity contribution in [3.05, 3.63) is 0 Å². The molecule has 0 radical (unpaired) electrons. The minimum Gasteiger partial charge on any atom is -0.477 e. The van der Waals surface area contributed by atoms with Crippen LogP contribution in [0.3, 0.4) is 0 Å². The summed E-state index contributed by atoms with van der Waals surface area (Å²) in [4.78, 5) is 24.6. The molecule has 3 fully saturated rings. The molecule has 55 heavy (non-hydrogen) atoms. The SMILES string of the molecule is CCCCCCCCCCCCO[C@@H]1O[C@H](CO)[C@@H](O[C@@H]2O[C@H](CO)[C@H](O)[C@H](O[C@]3(C(=O)O)C[C@H](O)[C@@H](NC(C)=O)[C@H]([C@@H](O)[C@H](O)CO)O3)[C@H]2O)[C@H](O)[C@H]1O. The van der Waals surface area contributed by atoms with Gasteiger partial charge in [-0.05, 0) is 6.42 Å². The number of unbranched alkanes of at least 4 members (excludes halogenated alkanes) is 9. The van der Waals surface area contributed by atoms with Crippen molar-refractivity contribution in [1.29, 1.82) is 0 Å². The molecule has 20 nitrogen and oxygen atoms in total. The maximum atomic E-state index is 12.7. The number of hydrogen-bond donors (Lipinski definition) is 12. The number of aliphatic hydroxyl groups excluding tert-OH is 10. The molecule has 3 heterocycles. The van der Waals surface area contributed by atoms with E-state index in [0.29, 0.717) is 6.42 Å². The second-order valence-electron chi connectivity index (χ2n) is 14.5. The molecule has 16 atom stereocenters. The molecular weight excluding hydrogens is 738 g/mol. The van der Waals surface area contributed by atoms with E-state index in [4.69, 9.17) is 28.4 Å². The Morgan fingerprint density at radius 1 is 0.782 bits per heavy atom. The van der Waals surface area contributed by atoms with Crippen LogP contribution in [0.5, 0.6) is 0 Å². The van der Waals surface area contributed by atoms with Gasteiger partial charge in [0.05, 0.1) is 32.0 Å². The average molecular weight is 802 g/mol. The van der Waals surface area contributed by atoms with Crippen LogP contribution in [-0.4, -0.2) is 192 Å². The molecule has 3 aliphatic heterocycles. The molecular formula is C35H63NO19. The van der Waals surface area contributed by atoms with Crippen LogP contribution in [0.15, 0.2) is 0 Å². The van der Waals surface area contributed by atoms with E-state index < -0.39 is 136 Å². The molecule has 0 saturated carbocycles. The van der Waals surface area contributed by atoms with Crippen LogP contribution in [0.25, 0.3) is 0 Å². The molecule has 0 bridgehead atoms. The highest BCUT2D eigenvalue weighted by Gasteiger charge is 2.60. The Morgan fingerprint density at radius 3 is 1.91 bits per heavy atom. The monoisotopic (exact) mass is 801 g/mol. The van der Waals surface area contributed by atoms with Gasteiger partial charge in [-0.15, -0.1) is 0 Å². The van der Waals surface area contributed by atoms with Gasteiger partial charge < -0.3 is 89.9 Å². The van der Waals surface area contributed by atoms with E-state index >= 15 is 0 Å². The Hall–Kier alpha value is -1.70. The van der Waals surface area contributed by atoms with E-state index in [1.54, 1.807) is 0 Å². The van der Waals surface area contributed by atoms with Gasteiger partial charge in [0.25, 0.3) is 5.79 Å². The van der Waals surface area contributed by atoms with Crippen LogP contribution in [0.4, 0.5) is 0 Å². The summed E-state index contributed by atoms with van der Waals surface area (Å²) < 4.78 is 33.9. The molecule has 3 saturated heterocycles. The molecule has 0 aliphatic carbocycles. The highest BCUT2D eigenvalue weighted by atomic mass is 16.8. The predicted octanol–water partition coefficient (Wildman–Crippen LogP) is -3.28. The topological polar surface area (TPSA) is 324 Å². The highest BCUT2D eigenvalue weighted by Crippen LogP contribution is 2.38. The zero-order valence-electron chi connectivity index (χ0n) is 31.5. The minimum atomic E-state index is -3.01. The van der Waals surface area contributed by atoms with Gasteiger partial charge >= 0.3 is 5.97 Å². The number of carbonyl (C=O) groups excluding carboxylic acids is 1. The third-order valence-electron chi connectivity index (χ3n) is 10.2. The lowest BCUT2D eigenvalue weighted by molar-refractivity contribution is -0.386. The third kappa shape index (κ3) is 12.6. The van der Waals surface area contributed by atoms with Crippen molar-refractivity contribution >= 4 is 11.9 Å². The Labute approximate surface area is 319 Å². The first kappa shape index (κ1) is 47.7. The van der Waals surface area contributed by atoms with E-state index in [-0.39, 0.29) is 6.61 Å². The van der Waals surface area contributed by atoms with Gasteiger partial charge in [0, 0.05) is 20.0 Å². The van der Waals surface area contributed by atoms with E-state index in [0.717, 1.165) is 32.6 Å². The Morgan fingerprint density at radius 2 is 1.36 bits per heavy atom. The zero-order chi connectivity index (χ0) is 40.9. The smallest absolute Gasteiger partial charge is 0.364 e. The van der Waals surface area contributed by atoms with Gasteiger partial charge in [0.1, 0.15) is 67.1 Å². The third-order valence-corrected chi connectivity index (χ3v) is 10.2. The molecule has 3 rings (SSSR count). The molecule has 0 spiro atoms. The number of rotatable bonds is 23. The Balaban J connectivity index is 1.70. The number of aliphatic hydroxyl groups is 10. The number of carboxylic acid groups (broad SMARTS) is 1. The van der Waals surface area contributed by atoms with Gasteiger partial charge in [0.15, 0.2) is 12.6 Å². The molecule has 0 aromatic heterocycles. The lowest BCUT2D eigenvalue weighted by Gasteiger charge is -2.50. The molecule has 0 aromatic carbocycles. The summed E-state index contributed by atoms with van der Waals surface area (Å²) in [5.41, 5.74) is 0. The number of carbonyl (C=O) groups is 2. The maximum absolute atomic E-state index is 12.7. The van der Waals surface area contributed by atoms with Crippen LogP contribution in [0, 0.1) is 0 Å². The Kier molecular flexibility index (Phi) is 20.0. The summed E-state index contributed by atoms with van der Waals surface area (Å²) in [6.45, 7) is 0.672. The van der Waals surface area contributed by atoms with Crippen LogP contribution < -0.4 is 5.32 Å². The van der Waals surface area contributed by atoms with Gasteiger partial charge in [-0.25, -0.2) is 4.79 Å². The summed E-state index contributed by atoms with van der Waals surface area (Å²) >= 11 is 0. The number of nitrogens with one attached hydrogen (secondary N) is 1. The molecule has 0 unspecified atom stereocenters. The first-order chi connectivity index (χ1) is 26.2. The molecule has 12 N–H and O–H groups in total. The van der Waals surface area contributed by atoms with Gasteiger partial charge in [0.2, 0.25) is 5.91 Å². The summed E-state index contributed by atoms with van der Waals surface area (Å²) in [7, 11) is 0. The van der Waals surface area contributed by atoms with E-state index in [1.807, 2.05) is 0 Å². The highest BCUT2D eigenvalue weighted by molar-refractivity contribution is 5.76. The number of amides is 1. The normalized spacial score (nSPS) is 38.0. The van der Waals surface area contributed by atoms with Crippen LogP contribution in [-0.2, 0) is 38.0 Å². The number of aliphatic carboxylic acids is 1. The second-order valence-corrected chi connectivity index (χ2v) is 14.5. The van der Waals surface area contributed by atoms with Gasteiger partial charge in [-0.2, -0.15) is 0 Å². The van der Waals surface area contributed by atoms with Crippen molar-refractivity contribution in [2.75, 3.05) is 26.4 Å². The Bertz CT molecular complexity index is 1140. The standard InChI is InChI=1S/C35H63NO19/c1-3-4-5-6-7-8-9-10-11-12-13-50-32-27(46)26(45)29(22(17-39)52-32)53-33-28(47)31(25(44)21(16-38)51-33)55-35(34(48)49)14-19(41)23(36-18(2)40)30(54-35)24(43)20(42)15-37/h19-33,37-39,41-47H,3-17H2,1-2H3,(H,36,40)(H,48,49)/t19-,20+,21+,22+,23+,24-,25-,26+,27+,28+,29+,30+,31-,32+,33-,35-/m0/s1. The van der Waals surface area contributed by atoms with E-state index in [2.05, 4.69) is 12.2 Å². The van der Waals surface area contributed by atoms with Crippen molar-refractivity contribution < 1.29 is 94.2 Å². The first-order valence-corrected chi connectivity index (χ1v) is 19.2. The fraction of sp³-hybridized carbons (Fsp3) is 0.943. The predicted molar refractivity (Wildman–Crippen MR) is 186 cm³/mol. The van der Waals surface area contributed by atoms with Crippen molar-refractivity contribution in [2.45, 2.75) is 182 Å². The number of ether oxygens (including phenoxy) is 6. The molecule has 1 amide bonds. The summed E-state index contributed by atoms with van der Waals surface area (Å²) in [5.74, 6) is -5.70. The van der Waals surface area contributed by atoms with Crippen LogP contribution >= 0.6 is 0 Å². The van der Waals surface area contributed by atoms with Crippen LogP contribution in [0.1, 0.15) is 84.5 Å². The largest absolute Gasteiger partial charge is 0.477 e. The fourth-order valence-electron chi connectivity index (χ4n) is 7.08. The molecule has 20 heteroatoms. The second kappa shape index (κ2) is 23.0. The van der Waals surface area contributed by atoms with Gasteiger partial charge in [-0.1, -0.05) is 64.7 Å². The minimum absolute atomic E-state index is 0.193. The van der Waals surface area contributed by atoms with Crippen molar-refractivity contribution in [3.63, 3.8) is 0 Å². The average Bonchev–Trinajstić information content (AvgIpc) is 3.15. The summed E-state index contributed by atoms with van der Waals surface area (Å²) in [5, 5.41) is 118. The van der Waals surface area contributed by atoms with Crippen molar-refractivity contribution in [1.82, 2.24) is 5.32 Å². The van der Waals surface area contributed by atoms with Crippen molar-refractivity contribution in [2.24, 2.45) is 0 Å². The quantitative estimate of drug-likeness (QED) is 0.0451. The van der Waals surface area contributed by atoms with E-state index in [9.17, 15) is 65.8 Å².